The van der Waals surface area contributed by atoms with Crippen molar-refractivity contribution in [2.75, 3.05) is 27.7 Å². The molecular formula is C20H28BrN5O. The fraction of sp³-hybridized carbons (Fsp3) is 0.400. The quantitative estimate of drug-likeness (QED) is 0.539. The van der Waals surface area contributed by atoms with Crippen molar-refractivity contribution >= 4 is 27.8 Å². The SMILES string of the molecule is CN=C(NCCC(=O)N(C)Cc1ccccc1)N(C)Cc1cc(Br)cn1C. The number of nitrogens with one attached hydrogen (secondary N) is 1. The predicted octanol–water partition coefficient (Wildman–Crippen LogP) is 2.84. The molecule has 7 heteroatoms. The van der Waals surface area contributed by atoms with E-state index in [9.17, 15) is 4.79 Å². The van der Waals surface area contributed by atoms with Gasteiger partial charge in [0.05, 0.1) is 6.54 Å². The number of aromatic nitrogens is 1. The molecule has 6 nitrogen and oxygen atoms in total. The molecule has 1 aromatic heterocycles. The number of rotatable bonds is 7. The number of aryl methyl sites for hydroxylation is 1. The van der Waals surface area contributed by atoms with Crippen molar-refractivity contribution in [3.63, 3.8) is 0 Å². The summed E-state index contributed by atoms with van der Waals surface area (Å²) in [6.45, 7) is 1.89. The van der Waals surface area contributed by atoms with Gasteiger partial charge in [0, 0.05) is 64.1 Å². The monoisotopic (exact) mass is 433 g/mol. The van der Waals surface area contributed by atoms with Gasteiger partial charge in [-0.3, -0.25) is 9.79 Å². The lowest BCUT2D eigenvalue weighted by atomic mass is 10.2. The Morgan fingerprint density at radius 1 is 1.19 bits per heavy atom. The number of aliphatic imine (C=N–C) groups is 1. The molecule has 1 amide bonds. The fourth-order valence-electron chi connectivity index (χ4n) is 2.84. The van der Waals surface area contributed by atoms with Crippen LogP contribution in [0.2, 0.25) is 0 Å². The van der Waals surface area contributed by atoms with Gasteiger partial charge in [0.25, 0.3) is 0 Å². The zero-order valence-electron chi connectivity index (χ0n) is 16.4. The summed E-state index contributed by atoms with van der Waals surface area (Å²) in [6.07, 6.45) is 2.45. The van der Waals surface area contributed by atoms with E-state index in [0.29, 0.717) is 19.5 Å². The summed E-state index contributed by atoms with van der Waals surface area (Å²) < 4.78 is 3.14. The summed E-state index contributed by atoms with van der Waals surface area (Å²) in [5.74, 6) is 0.877. The van der Waals surface area contributed by atoms with E-state index in [1.807, 2.05) is 62.6 Å². The lowest BCUT2D eigenvalue weighted by Gasteiger charge is -2.23. The number of amides is 1. The van der Waals surface area contributed by atoms with Gasteiger partial charge in [0.1, 0.15) is 0 Å². The van der Waals surface area contributed by atoms with Crippen LogP contribution in [0.25, 0.3) is 0 Å². The number of nitrogens with zero attached hydrogens (tertiary/aromatic N) is 4. The third kappa shape index (κ3) is 6.43. The summed E-state index contributed by atoms with van der Waals surface area (Å²) in [5, 5.41) is 3.27. The zero-order chi connectivity index (χ0) is 19.8. The molecule has 0 atom stereocenters. The number of carbonyl (C=O) groups excluding carboxylic acids is 1. The van der Waals surface area contributed by atoms with Gasteiger partial charge < -0.3 is 19.7 Å². The first-order chi connectivity index (χ1) is 12.9. The van der Waals surface area contributed by atoms with Crippen molar-refractivity contribution in [3.05, 3.63) is 58.3 Å². The molecule has 0 fully saturated rings. The maximum absolute atomic E-state index is 12.3. The van der Waals surface area contributed by atoms with E-state index in [4.69, 9.17) is 0 Å². The van der Waals surface area contributed by atoms with Gasteiger partial charge in [-0.2, -0.15) is 0 Å². The Bertz CT molecular complexity index is 772. The average molecular weight is 434 g/mol. The van der Waals surface area contributed by atoms with Gasteiger partial charge in [0.2, 0.25) is 5.91 Å². The normalized spacial score (nSPS) is 11.4. The highest BCUT2D eigenvalue weighted by atomic mass is 79.9. The van der Waals surface area contributed by atoms with Crippen LogP contribution in [0.4, 0.5) is 0 Å². The molecular weight excluding hydrogens is 406 g/mol. The van der Waals surface area contributed by atoms with Gasteiger partial charge in [-0.25, -0.2) is 0 Å². The molecule has 0 aliphatic heterocycles. The maximum Gasteiger partial charge on any atom is 0.224 e. The summed E-state index contributed by atoms with van der Waals surface area (Å²) in [7, 11) is 7.59. The number of hydrogen-bond donors (Lipinski definition) is 1. The van der Waals surface area contributed by atoms with Crippen molar-refractivity contribution < 1.29 is 4.79 Å². The first kappa shape index (κ1) is 21.0. The van der Waals surface area contributed by atoms with Crippen LogP contribution in [0, 0.1) is 0 Å². The second-order valence-electron chi connectivity index (χ2n) is 6.58. The number of halogens is 1. The van der Waals surface area contributed by atoms with Gasteiger partial charge in [-0.05, 0) is 27.6 Å². The molecule has 0 saturated heterocycles. The molecule has 0 radical (unpaired) electrons. The van der Waals surface area contributed by atoms with Crippen LogP contribution in [0.3, 0.4) is 0 Å². The number of guanidine groups is 1. The molecule has 1 heterocycles. The molecule has 146 valence electrons. The summed E-state index contributed by atoms with van der Waals surface area (Å²) in [5.41, 5.74) is 2.30. The van der Waals surface area contributed by atoms with Crippen molar-refractivity contribution in [1.82, 2.24) is 19.7 Å². The molecule has 1 aromatic carbocycles. The Kier molecular flexibility index (Phi) is 7.91. The second-order valence-corrected chi connectivity index (χ2v) is 7.49. The van der Waals surface area contributed by atoms with Gasteiger partial charge in [-0.15, -0.1) is 0 Å². The van der Waals surface area contributed by atoms with E-state index in [1.165, 1.54) is 5.69 Å². The number of carbonyl (C=O) groups is 1. The molecule has 0 unspecified atom stereocenters. The maximum atomic E-state index is 12.3. The standard InChI is InChI=1S/C20H28BrN5O/c1-22-20(26(4)15-18-12-17(21)14-24(18)2)23-11-10-19(27)25(3)13-16-8-6-5-7-9-16/h5-9,12,14H,10-11,13,15H2,1-4H3,(H,22,23). The highest BCUT2D eigenvalue weighted by Gasteiger charge is 2.12. The average Bonchev–Trinajstić information content (AvgIpc) is 2.96. The van der Waals surface area contributed by atoms with E-state index in [1.54, 1.807) is 11.9 Å². The zero-order valence-corrected chi connectivity index (χ0v) is 18.0. The molecule has 0 saturated carbocycles. The number of hydrogen-bond acceptors (Lipinski definition) is 2. The van der Waals surface area contributed by atoms with Crippen molar-refractivity contribution in [2.45, 2.75) is 19.5 Å². The summed E-state index contributed by atoms with van der Waals surface area (Å²) in [6, 6.07) is 12.1. The fourth-order valence-corrected chi connectivity index (χ4v) is 3.41. The second kappa shape index (κ2) is 10.2. The smallest absolute Gasteiger partial charge is 0.224 e. The van der Waals surface area contributed by atoms with Crippen LogP contribution >= 0.6 is 15.9 Å². The summed E-state index contributed by atoms with van der Waals surface area (Å²) >= 11 is 3.49. The topological polar surface area (TPSA) is 52.9 Å². The van der Waals surface area contributed by atoms with Crippen LogP contribution in [0.5, 0.6) is 0 Å². The van der Waals surface area contributed by atoms with E-state index >= 15 is 0 Å². The predicted molar refractivity (Wildman–Crippen MR) is 113 cm³/mol. The first-order valence-electron chi connectivity index (χ1n) is 8.91. The first-order valence-corrected chi connectivity index (χ1v) is 9.70. The molecule has 2 rings (SSSR count). The Morgan fingerprint density at radius 2 is 1.89 bits per heavy atom. The number of benzene rings is 1. The Morgan fingerprint density at radius 3 is 2.48 bits per heavy atom. The van der Waals surface area contributed by atoms with Crippen LogP contribution in [0.1, 0.15) is 17.7 Å². The van der Waals surface area contributed by atoms with Gasteiger partial charge in [-0.1, -0.05) is 30.3 Å². The Hall–Kier alpha value is -2.28. The van der Waals surface area contributed by atoms with Crippen molar-refractivity contribution in [3.8, 4) is 0 Å². The molecule has 27 heavy (non-hydrogen) atoms. The Balaban J connectivity index is 1.79. The third-order valence-electron chi connectivity index (χ3n) is 4.36. The minimum absolute atomic E-state index is 0.107. The van der Waals surface area contributed by atoms with Crippen LogP contribution < -0.4 is 5.32 Å². The third-order valence-corrected chi connectivity index (χ3v) is 4.79. The minimum atomic E-state index is 0.107. The minimum Gasteiger partial charge on any atom is -0.356 e. The van der Waals surface area contributed by atoms with Crippen molar-refractivity contribution in [2.24, 2.45) is 12.0 Å². The highest BCUT2D eigenvalue weighted by molar-refractivity contribution is 9.10. The van der Waals surface area contributed by atoms with Gasteiger partial charge >= 0.3 is 0 Å². The lowest BCUT2D eigenvalue weighted by Crippen LogP contribution is -2.40. The molecule has 0 aliphatic carbocycles. The van der Waals surface area contributed by atoms with E-state index in [2.05, 4.69) is 36.9 Å². The van der Waals surface area contributed by atoms with Gasteiger partial charge in [0.15, 0.2) is 5.96 Å². The molecule has 0 spiro atoms. The lowest BCUT2D eigenvalue weighted by molar-refractivity contribution is -0.130. The summed E-state index contributed by atoms with van der Waals surface area (Å²) in [4.78, 5) is 20.5. The van der Waals surface area contributed by atoms with E-state index < -0.39 is 0 Å². The van der Waals surface area contributed by atoms with Crippen molar-refractivity contribution in [1.29, 1.82) is 0 Å². The largest absolute Gasteiger partial charge is 0.356 e. The molecule has 0 bridgehead atoms. The van der Waals surface area contributed by atoms with Crippen LogP contribution in [-0.2, 0) is 24.9 Å². The molecule has 0 aliphatic rings. The Labute approximate surface area is 170 Å². The van der Waals surface area contributed by atoms with E-state index in [-0.39, 0.29) is 5.91 Å². The van der Waals surface area contributed by atoms with Crippen LogP contribution in [0.15, 0.2) is 52.1 Å². The molecule has 2 aromatic rings. The van der Waals surface area contributed by atoms with E-state index in [0.717, 1.165) is 22.5 Å². The van der Waals surface area contributed by atoms with Crippen LogP contribution in [-0.4, -0.2) is 53.9 Å². The highest BCUT2D eigenvalue weighted by Crippen LogP contribution is 2.15. The molecule has 1 N–H and O–H groups in total.